The van der Waals surface area contributed by atoms with Gasteiger partial charge in [-0.05, 0) is 51.5 Å². The van der Waals surface area contributed by atoms with E-state index in [9.17, 15) is 4.79 Å². The highest BCUT2D eigenvalue weighted by Crippen LogP contribution is 2.19. The number of carbonyl (C=O) groups is 1. The smallest absolute Gasteiger partial charge is 0.239 e. The molecule has 2 aliphatic rings. The van der Waals surface area contributed by atoms with Crippen LogP contribution in [0.1, 0.15) is 46.0 Å². The molecule has 2 fully saturated rings. The van der Waals surface area contributed by atoms with Gasteiger partial charge in [0.1, 0.15) is 0 Å². The van der Waals surface area contributed by atoms with E-state index in [-0.39, 0.29) is 35.9 Å². The lowest BCUT2D eigenvalue weighted by atomic mass is 10.0. The number of hydrogen-bond acceptors (Lipinski definition) is 3. The number of amides is 1. The fourth-order valence-corrected chi connectivity index (χ4v) is 3.94. The molecule has 0 aromatic heterocycles. The Hall–Kier alpha value is -0.570. The zero-order chi connectivity index (χ0) is 18.2. The largest absolute Gasteiger partial charge is 0.357 e. The van der Waals surface area contributed by atoms with Crippen LogP contribution in [0.2, 0.25) is 0 Å². The number of rotatable bonds is 6. The van der Waals surface area contributed by atoms with Crippen molar-refractivity contribution in [1.82, 2.24) is 20.0 Å². The molecule has 0 aliphatic carbocycles. The van der Waals surface area contributed by atoms with Crippen LogP contribution in [0.3, 0.4) is 0 Å². The van der Waals surface area contributed by atoms with Gasteiger partial charge in [-0.2, -0.15) is 0 Å². The Morgan fingerprint density at radius 1 is 1.23 bits per heavy atom. The number of likely N-dealkylation sites (tertiary alicyclic amines) is 2. The van der Waals surface area contributed by atoms with Gasteiger partial charge in [0.15, 0.2) is 5.96 Å². The standard InChI is InChI=1S/C19H37N5O.HI/c1-5-20-19(24-13-6-9-16(2)15-24)21-11-8-14-23-12-7-10-17(23)18(25)22(3)4;/h16-17H,5-15H2,1-4H3,(H,20,21);1H. The summed E-state index contributed by atoms with van der Waals surface area (Å²) in [6.07, 6.45) is 5.71. The van der Waals surface area contributed by atoms with Crippen LogP contribution in [0.25, 0.3) is 0 Å². The van der Waals surface area contributed by atoms with Gasteiger partial charge in [-0.1, -0.05) is 6.92 Å². The Balaban J connectivity index is 0.00000338. The minimum absolute atomic E-state index is 0. The van der Waals surface area contributed by atoms with Gasteiger partial charge in [0.05, 0.1) is 6.04 Å². The van der Waals surface area contributed by atoms with Crippen molar-refractivity contribution in [3.05, 3.63) is 0 Å². The molecule has 1 N–H and O–H groups in total. The quantitative estimate of drug-likeness (QED) is 0.275. The molecule has 6 nitrogen and oxygen atoms in total. The van der Waals surface area contributed by atoms with E-state index in [1.165, 1.54) is 12.8 Å². The molecule has 0 spiro atoms. The molecule has 0 saturated carbocycles. The zero-order valence-corrected chi connectivity index (χ0v) is 19.4. The number of carbonyl (C=O) groups excluding carboxylic acids is 1. The summed E-state index contributed by atoms with van der Waals surface area (Å²) in [4.78, 5) is 23.6. The molecule has 0 bridgehead atoms. The van der Waals surface area contributed by atoms with Gasteiger partial charge in [-0.25, -0.2) is 0 Å². The number of guanidine groups is 1. The molecule has 7 heteroatoms. The highest BCUT2D eigenvalue weighted by Gasteiger charge is 2.31. The van der Waals surface area contributed by atoms with Crippen LogP contribution in [0.4, 0.5) is 0 Å². The number of aliphatic imine (C=N–C) groups is 1. The molecule has 26 heavy (non-hydrogen) atoms. The Labute approximate surface area is 176 Å². The Morgan fingerprint density at radius 2 is 1.96 bits per heavy atom. The van der Waals surface area contributed by atoms with Crippen molar-refractivity contribution in [3.63, 3.8) is 0 Å². The van der Waals surface area contributed by atoms with E-state index in [1.54, 1.807) is 4.90 Å². The van der Waals surface area contributed by atoms with Crippen LogP contribution in [-0.4, -0.2) is 86.0 Å². The lowest BCUT2D eigenvalue weighted by molar-refractivity contribution is -0.133. The molecule has 2 unspecified atom stereocenters. The monoisotopic (exact) mass is 479 g/mol. The van der Waals surface area contributed by atoms with E-state index in [4.69, 9.17) is 4.99 Å². The first-order chi connectivity index (χ1) is 12.0. The number of nitrogens with zero attached hydrogens (tertiary/aromatic N) is 4. The predicted octanol–water partition coefficient (Wildman–Crippen LogP) is 2.24. The third-order valence-corrected chi connectivity index (χ3v) is 5.25. The fourth-order valence-electron chi connectivity index (χ4n) is 3.94. The summed E-state index contributed by atoms with van der Waals surface area (Å²) in [5.41, 5.74) is 0. The van der Waals surface area contributed by atoms with Gasteiger partial charge in [0, 0.05) is 46.8 Å². The first-order valence-corrected chi connectivity index (χ1v) is 10.0. The van der Waals surface area contributed by atoms with Crippen LogP contribution < -0.4 is 5.32 Å². The summed E-state index contributed by atoms with van der Waals surface area (Å²) >= 11 is 0. The second kappa shape index (κ2) is 12.0. The second-order valence-corrected chi connectivity index (χ2v) is 7.71. The molecule has 2 atom stereocenters. The van der Waals surface area contributed by atoms with Gasteiger partial charge in [0.25, 0.3) is 0 Å². The number of piperidine rings is 1. The molecule has 2 heterocycles. The Bertz CT molecular complexity index is 457. The third kappa shape index (κ3) is 6.87. The van der Waals surface area contributed by atoms with Crippen molar-refractivity contribution in [2.75, 3.05) is 53.4 Å². The van der Waals surface area contributed by atoms with Crippen molar-refractivity contribution in [3.8, 4) is 0 Å². The van der Waals surface area contributed by atoms with Crippen molar-refractivity contribution in [2.45, 2.75) is 52.0 Å². The minimum atomic E-state index is 0. The maximum atomic E-state index is 12.3. The van der Waals surface area contributed by atoms with Gasteiger partial charge in [0.2, 0.25) is 5.91 Å². The number of halogens is 1. The topological polar surface area (TPSA) is 51.2 Å². The predicted molar refractivity (Wildman–Crippen MR) is 119 cm³/mol. The van der Waals surface area contributed by atoms with Crippen LogP contribution in [-0.2, 0) is 4.79 Å². The van der Waals surface area contributed by atoms with E-state index in [1.807, 2.05) is 14.1 Å². The normalized spacial score (nSPS) is 24.3. The number of nitrogens with one attached hydrogen (secondary N) is 1. The van der Waals surface area contributed by atoms with Crippen molar-refractivity contribution in [2.24, 2.45) is 10.9 Å². The summed E-state index contributed by atoms with van der Waals surface area (Å²) in [5.74, 6) is 2.06. The molecule has 2 rings (SSSR count). The van der Waals surface area contributed by atoms with Crippen LogP contribution in [0.15, 0.2) is 4.99 Å². The molecular formula is C19H38IN5O. The van der Waals surface area contributed by atoms with E-state index >= 15 is 0 Å². The minimum Gasteiger partial charge on any atom is -0.357 e. The number of likely N-dealkylation sites (N-methyl/N-ethyl adjacent to an activating group) is 1. The molecule has 0 radical (unpaired) electrons. The SMILES string of the molecule is CCNC(=NCCCN1CCCC1C(=O)N(C)C)N1CCCC(C)C1.I. The van der Waals surface area contributed by atoms with Crippen LogP contribution in [0, 0.1) is 5.92 Å². The maximum absolute atomic E-state index is 12.3. The van der Waals surface area contributed by atoms with Crippen molar-refractivity contribution >= 4 is 35.8 Å². The van der Waals surface area contributed by atoms with Crippen LogP contribution >= 0.6 is 24.0 Å². The average Bonchev–Trinajstić information content (AvgIpc) is 3.05. The van der Waals surface area contributed by atoms with Gasteiger partial charge in [-0.15, -0.1) is 24.0 Å². The van der Waals surface area contributed by atoms with Gasteiger partial charge < -0.3 is 15.1 Å². The average molecular weight is 479 g/mol. The third-order valence-electron chi connectivity index (χ3n) is 5.25. The molecule has 2 aliphatic heterocycles. The molecule has 1 amide bonds. The lowest BCUT2D eigenvalue weighted by Crippen LogP contribution is -2.46. The summed E-state index contributed by atoms with van der Waals surface area (Å²) in [6.45, 7) is 10.4. The van der Waals surface area contributed by atoms with Crippen molar-refractivity contribution < 1.29 is 4.79 Å². The molecule has 0 aromatic rings. The van der Waals surface area contributed by atoms with E-state index in [0.29, 0.717) is 0 Å². The number of hydrogen-bond donors (Lipinski definition) is 1. The summed E-state index contributed by atoms with van der Waals surface area (Å²) in [6, 6.07) is 0.0789. The highest BCUT2D eigenvalue weighted by atomic mass is 127. The van der Waals surface area contributed by atoms with E-state index in [2.05, 4.69) is 29.0 Å². The summed E-state index contributed by atoms with van der Waals surface area (Å²) < 4.78 is 0. The molecule has 0 aromatic carbocycles. The molecule has 152 valence electrons. The zero-order valence-electron chi connectivity index (χ0n) is 17.0. The van der Waals surface area contributed by atoms with E-state index in [0.717, 1.165) is 70.4 Å². The fraction of sp³-hybridized carbons (Fsp3) is 0.895. The van der Waals surface area contributed by atoms with Crippen LogP contribution in [0.5, 0.6) is 0 Å². The first-order valence-electron chi connectivity index (χ1n) is 10.0. The van der Waals surface area contributed by atoms with Gasteiger partial charge >= 0.3 is 0 Å². The molecule has 2 saturated heterocycles. The summed E-state index contributed by atoms with van der Waals surface area (Å²) in [5, 5.41) is 3.44. The molecular weight excluding hydrogens is 441 g/mol. The van der Waals surface area contributed by atoms with Crippen molar-refractivity contribution in [1.29, 1.82) is 0 Å². The van der Waals surface area contributed by atoms with E-state index < -0.39 is 0 Å². The maximum Gasteiger partial charge on any atom is 0.239 e. The Kier molecular flexibility index (Phi) is 10.8. The highest BCUT2D eigenvalue weighted by molar-refractivity contribution is 14.0. The first kappa shape index (κ1) is 23.5. The second-order valence-electron chi connectivity index (χ2n) is 7.71. The van der Waals surface area contributed by atoms with Gasteiger partial charge in [-0.3, -0.25) is 14.7 Å². The Morgan fingerprint density at radius 3 is 2.62 bits per heavy atom. The lowest BCUT2D eigenvalue weighted by Gasteiger charge is -2.33. The summed E-state index contributed by atoms with van der Waals surface area (Å²) in [7, 11) is 3.71.